The minimum Gasteiger partial charge on any atom is -0.481 e. The average Bonchev–Trinajstić information content (AvgIpc) is 2.31. The highest BCUT2D eigenvalue weighted by Crippen LogP contribution is 2.09. The van der Waals surface area contributed by atoms with Crippen molar-refractivity contribution in [3.05, 3.63) is 24.8 Å². The zero-order chi connectivity index (χ0) is 14.1. The lowest BCUT2D eigenvalue weighted by Crippen LogP contribution is -1.80. The van der Waals surface area contributed by atoms with E-state index in [1.807, 2.05) is 6.08 Å². The Balaban J connectivity index is 0. The van der Waals surface area contributed by atoms with Crippen molar-refractivity contribution in [2.75, 3.05) is 0 Å². The van der Waals surface area contributed by atoms with Gasteiger partial charge in [-0.1, -0.05) is 50.3 Å². The molecule has 18 heavy (non-hydrogen) atoms. The predicted molar refractivity (Wildman–Crippen MR) is 79.9 cm³/mol. The first-order chi connectivity index (χ1) is 8.65. The van der Waals surface area contributed by atoms with Gasteiger partial charge >= 0.3 is 0 Å². The highest BCUT2D eigenvalue weighted by molar-refractivity contribution is 5.62. The van der Waals surface area contributed by atoms with Gasteiger partial charge in [0.25, 0.3) is 5.97 Å². The summed E-state index contributed by atoms with van der Waals surface area (Å²) in [7, 11) is 0. The molecule has 0 heterocycles. The summed E-state index contributed by atoms with van der Waals surface area (Å²) in [5.41, 5.74) is 0. The molecule has 0 saturated heterocycles. The maximum atomic E-state index is 9.00. The number of allylic oxidation sites excluding steroid dienone is 3. The van der Waals surface area contributed by atoms with Crippen LogP contribution in [0.1, 0.15) is 71.6 Å². The predicted octanol–water partition coefficient (Wildman–Crippen LogP) is 5.35. The minimum absolute atomic E-state index is 0.833. The number of carboxylic acid groups (broad SMARTS) is 1. The third kappa shape index (κ3) is 29.4. The molecule has 0 radical (unpaired) electrons. The van der Waals surface area contributed by atoms with E-state index in [1.165, 1.54) is 57.8 Å². The van der Waals surface area contributed by atoms with Gasteiger partial charge < -0.3 is 5.11 Å². The van der Waals surface area contributed by atoms with E-state index in [1.54, 1.807) is 0 Å². The second-order valence-corrected chi connectivity index (χ2v) is 4.43. The third-order valence-electron chi connectivity index (χ3n) is 2.51. The molecule has 0 aromatic carbocycles. The molecule has 0 bridgehead atoms. The second kappa shape index (κ2) is 18.3. The smallest absolute Gasteiger partial charge is 0.300 e. The lowest BCUT2D eigenvalue weighted by atomic mass is 10.1. The van der Waals surface area contributed by atoms with E-state index >= 15 is 0 Å². The largest absolute Gasteiger partial charge is 0.481 e. The van der Waals surface area contributed by atoms with Crippen LogP contribution >= 0.6 is 0 Å². The molecule has 0 aliphatic rings. The fraction of sp³-hybridized carbons (Fsp3) is 0.688. The number of aliphatic carboxylic acids is 1. The molecule has 0 aromatic heterocycles. The normalized spacial score (nSPS) is 9.89. The molecule has 1 N–H and O–H groups in total. The molecule has 2 nitrogen and oxygen atoms in total. The van der Waals surface area contributed by atoms with Crippen molar-refractivity contribution in [1.82, 2.24) is 0 Å². The Bertz CT molecular complexity index is 203. The first-order valence-electron chi connectivity index (χ1n) is 7.06. The Morgan fingerprint density at radius 2 is 1.39 bits per heavy atom. The topological polar surface area (TPSA) is 37.3 Å². The van der Waals surface area contributed by atoms with Crippen molar-refractivity contribution in [3.63, 3.8) is 0 Å². The van der Waals surface area contributed by atoms with Gasteiger partial charge in [0.15, 0.2) is 0 Å². The monoisotopic (exact) mass is 254 g/mol. The van der Waals surface area contributed by atoms with Crippen LogP contribution in [0.15, 0.2) is 24.8 Å². The summed E-state index contributed by atoms with van der Waals surface area (Å²) in [4.78, 5) is 9.00. The summed E-state index contributed by atoms with van der Waals surface area (Å²) in [6.45, 7) is 6.91. The van der Waals surface area contributed by atoms with Gasteiger partial charge in [0.2, 0.25) is 0 Å². The number of rotatable bonds is 10. The van der Waals surface area contributed by atoms with E-state index in [-0.39, 0.29) is 0 Å². The van der Waals surface area contributed by atoms with Crippen LogP contribution in [0.5, 0.6) is 0 Å². The molecule has 0 aliphatic heterocycles. The van der Waals surface area contributed by atoms with E-state index in [0.29, 0.717) is 0 Å². The molecule has 0 spiro atoms. The van der Waals surface area contributed by atoms with Crippen LogP contribution in [0, 0.1) is 0 Å². The SMILES string of the molecule is C=CCCCCCCCCCC=CC.CC(=O)O. The maximum absolute atomic E-state index is 9.00. The van der Waals surface area contributed by atoms with Crippen molar-refractivity contribution in [1.29, 1.82) is 0 Å². The van der Waals surface area contributed by atoms with Crippen LogP contribution in [0.2, 0.25) is 0 Å². The van der Waals surface area contributed by atoms with Crippen LogP contribution in [-0.2, 0) is 4.79 Å². The van der Waals surface area contributed by atoms with Crippen molar-refractivity contribution >= 4 is 5.97 Å². The van der Waals surface area contributed by atoms with Gasteiger partial charge in [-0.3, -0.25) is 4.79 Å². The van der Waals surface area contributed by atoms with E-state index in [2.05, 4.69) is 25.7 Å². The summed E-state index contributed by atoms with van der Waals surface area (Å²) in [6.07, 6.45) is 18.7. The van der Waals surface area contributed by atoms with E-state index < -0.39 is 5.97 Å². The molecule has 106 valence electrons. The first-order valence-corrected chi connectivity index (χ1v) is 7.06. The Morgan fingerprint density at radius 1 is 1.00 bits per heavy atom. The number of carbonyl (C=O) groups is 1. The lowest BCUT2D eigenvalue weighted by molar-refractivity contribution is -0.134. The van der Waals surface area contributed by atoms with Gasteiger partial charge in [-0.2, -0.15) is 0 Å². The molecular formula is C16H30O2. The first kappa shape index (κ1) is 19.3. The van der Waals surface area contributed by atoms with Gasteiger partial charge in [-0.05, 0) is 32.6 Å². The third-order valence-corrected chi connectivity index (χ3v) is 2.51. The van der Waals surface area contributed by atoms with Crippen LogP contribution in [-0.4, -0.2) is 11.1 Å². The summed E-state index contributed by atoms with van der Waals surface area (Å²) >= 11 is 0. The molecular weight excluding hydrogens is 224 g/mol. The average molecular weight is 254 g/mol. The standard InChI is InChI=1S/C14H26.C2H4O2/c1-3-5-7-9-11-13-14-12-10-8-6-4-2;1-2(3)4/h3-4,6H,1,5,7-14H2,2H3;1H3,(H,3,4). The Kier molecular flexibility index (Phi) is 19.6. The molecule has 0 aromatic rings. The summed E-state index contributed by atoms with van der Waals surface area (Å²) in [6, 6.07) is 0. The van der Waals surface area contributed by atoms with E-state index in [9.17, 15) is 0 Å². The number of carboxylic acids is 1. The summed E-state index contributed by atoms with van der Waals surface area (Å²) in [5.74, 6) is -0.833. The maximum Gasteiger partial charge on any atom is 0.300 e. The molecule has 0 amide bonds. The van der Waals surface area contributed by atoms with Crippen LogP contribution in [0.3, 0.4) is 0 Å². The zero-order valence-electron chi connectivity index (χ0n) is 12.2. The van der Waals surface area contributed by atoms with Gasteiger partial charge in [-0.25, -0.2) is 0 Å². The number of unbranched alkanes of at least 4 members (excludes halogenated alkanes) is 8. The molecule has 0 atom stereocenters. The zero-order valence-corrected chi connectivity index (χ0v) is 12.2. The fourth-order valence-electron chi connectivity index (χ4n) is 1.60. The fourth-order valence-corrected chi connectivity index (χ4v) is 1.60. The molecule has 0 fully saturated rings. The highest BCUT2D eigenvalue weighted by Gasteiger charge is 1.90. The van der Waals surface area contributed by atoms with Crippen LogP contribution in [0.25, 0.3) is 0 Å². The van der Waals surface area contributed by atoms with Crippen molar-refractivity contribution in [2.45, 2.75) is 71.6 Å². The van der Waals surface area contributed by atoms with Gasteiger partial charge in [0, 0.05) is 6.92 Å². The minimum atomic E-state index is -0.833. The van der Waals surface area contributed by atoms with E-state index in [4.69, 9.17) is 9.90 Å². The lowest BCUT2D eigenvalue weighted by Gasteiger charge is -1.99. The molecule has 0 saturated carbocycles. The Hall–Kier alpha value is -1.05. The quantitative estimate of drug-likeness (QED) is 0.421. The molecule has 2 heteroatoms. The van der Waals surface area contributed by atoms with Gasteiger partial charge in [-0.15, -0.1) is 6.58 Å². The van der Waals surface area contributed by atoms with Gasteiger partial charge in [0.05, 0.1) is 0 Å². The molecule has 0 rings (SSSR count). The molecule has 0 unspecified atom stereocenters. The number of hydrogen-bond donors (Lipinski definition) is 1. The van der Waals surface area contributed by atoms with Crippen molar-refractivity contribution in [2.24, 2.45) is 0 Å². The number of hydrogen-bond acceptors (Lipinski definition) is 1. The highest BCUT2D eigenvalue weighted by atomic mass is 16.4. The Morgan fingerprint density at radius 3 is 1.78 bits per heavy atom. The molecule has 0 aliphatic carbocycles. The van der Waals surface area contributed by atoms with E-state index in [0.717, 1.165) is 6.92 Å². The van der Waals surface area contributed by atoms with Crippen molar-refractivity contribution < 1.29 is 9.90 Å². The summed E-state index contributed by atoms with van der Waals surface area (Å²) in [5, 5.41) is 7.42. The van der Waals surface area contributed by atoms with Crippen LogP contribution < -0.4 is 0 Å². The van der Waals surface area contributed by atoms with Crippen molar-refractivity contribution in [3.8, 4) is 0 Å². The Labute approximate surface area is 113 Å². The van der Waals surface area contributed by atoms with Crippen LogP contribution in [0.4, 0.5) is 0 Å². The summed E-state index contributed by atoms with van der Waals surface area (Å²) < 4.78 is 0. The van der Waals surface area contributed by atoms with Gasteiger partial charge in [0.1, 0.15) is 0 Å². The second-order valence-electron chi connectivity index (χ2n) is 4.43.